The third kappa shape index (κ3) is 2.82. The van der Waals surface area contributed by atoms with Gasteiger partial charge in [0.2, 0.25) is 11.8 Å². The second-order valence-electron chi connectivity index (χ2n) is 4.99. The predicted molar refractivity (Wildman–Crippen MR) is 75.0 cm³/mol. The van der Waals surface area contributed by atoms with Gasteiger partial charge in [-0.15, -0.1) is 22.0 Å². The van der Waals surface area contributed by atoms with Crippen LogP contribution in [0.15, 0.2) is 33.6 Å². The highest BCUT2D eigenvalue weighted by molar-refractivity contribution is 7.99. The molecule has 4 nitrogen and oxygen atoms in total. The largest absolute Gasteiger partial charge is 0.423 e. The van der Waals surface area contributed by atoms with Crippen LogP contribution in [0.2, 0.25) is 0 Å². The first kappa shape index (κ1) is 12.7. The van der Waals surface area contributed by atoms with Crippen molar-refractivity contribution in [1.82, 2.24) is 15.5 Å². The zero-order chi connectivity index (χ0) is 13.2. The Labute approximate surface area is 117 Å². The van der Waals surface area contributed by atoms with Crippen molar-refractivity contribution in [2.75, 3.05) is 0 Å². The molecule has 0 saturated carbocycles. The lowest BCUT2D eigenvalue weighted by molar-refractivity contribution is 0.420. The molecule has 1 unspecified atom stereocenters. The van der Waals surface area contributed by atoms with Gasteiger partial charge in [0.1, 0.15) is 0 Å². The summed E-state index contributed by atoms with van der Waals surface area (Å²) in [6, 6.07) is 8.88. The first-order chi connectivity index (χ1) is 9.22. The molecule has 3 rings (SSSR count). The highest BCUT2D eigenvalue weighted by atomic mass is 32.2. The standard InChI is InChI=1S/C14H17N3OS/c1-9(2)15-8-13-16-17-14(18-13)12-7-10-5-3-4-6-11(10)19-12/h3-6,9,12,15H,7-8H2,1-2H3. The number of hydrogen-bond acceptors (Lipinski definition) is 5. The summed E-state index contributed by atoms with van der Waals surface area (Å²) in [5.41, 5.74) is 1.37. The fourth-order valence-electron chi connectivity index (χ4n) is 2.08. The van der Waals surface area contributed by atoms with Crippen molar-refractivity contribution in [3.05, 3.63) is 41.6 Å². The molecule has 0 amide bonds. The Morgan fingerprint density at radius 1 is 1.37 bits per heavy atom. The number of aromatic nitrogens is 2. The van der Waals surface area contributed by atoms with E-state index in [4.69, 9.17) is 4.42 Å². The van der Waals surface area contributed by atoms with Gasteiger partial charge in [-0.2, -0.15) is 0 Å². The van der Waals surface area contributed by atoms with E-state index in [1.165, 1.54) is 10.5 Å². The zero-order valence-corrected chi connectivity index (χ0v) is 11.9. The van der Waals surface area contributed by atoms with Crippen molar-refractivity contribution < 1.29 is 4.42 Å². The number of rotatable bonds is 4. The van der Waals surface area contributed by atoms with Crippen LogP contribution in [0.3, 0.4) is 0 Å². The highest BCUT2D eigenvalue weighted by Crippen LogP contribution is 2.45. The normalized spacial score (nSPS) is 17.9. The Hall–Kier alpha value is -1.33. The van der Waals surface area contributed by atoms with E-state index >= 15 is 0 Å². The first-order valence-electron chi connectivity index (χ1n) is 6.52. The predicted octanol–water partition coefficient (Wildman–Crippen LogP) is 2.96. The molecule has 0 spiro atoms. The second-order valence-corrected chi connectivity index (χ2v) is 6.23. The van der Waals surface area contributed by atoms with Crippen LogP contribution in [-0.2, 0) is 13.0 Å². The van der Waals surface area contributed by atoms with E-state index in [0.29, 0.717) is 18.5 Å². The van der Waals surface area contributed by atoms with Gasteiger partial charge in [0, 0.05) is 10.9 Å². The lowest BCUT2D eigenvalue weighted by Crippen LogP contribution is -2.21. The lowest BCUT2D eigenvalue weighted by Gasteiger charge is -2.04. The smallest absolute Gasteiger partial charge is 0.230 e. The molecule has 1 atom stereocenters. The third-order valence-electron chi connectivity index (χ3n) is 3.07. The summed E-state index contributed by atoms with van der Waals surface area (Å²) in [4.78, 5) is 1.33. The summed E-state index contributed by atoms with van der Waals surface area (Å²) in [6.45, 7) is 4.83. The molecular weight excluding hydrogens is 258 g/mol. The summed E-state index contributed by atoms with van der Waals surface area (Å²) in [5.74, 6) is 1.40. The summed E-state index contributed by atoms with van der Waals surface area (Å²) < 4.78 is 5.74. The van der Waals surface area contributed by atoms with Gasteiger partial charge in [-0.3, -0.25) is 0 Å². The van der Waals surface area contributed by atoms with Crippen LogP contribution in [0.25, 0.3) is 0 Å². The van der Waals surface area contributed by atoms with Gasteiger partial charge < -0.3 is 9.73 Å². The molecule has 1 N–H and O–H groups in total. The van der Waals surface area contributed by atoms with Crippen molar-refractivity contribution in [1.29, 1.82) is 0 Å². The van der Waals surface area contributed by atoms with Crippen LogP contribution in [0.4, 0.5) is 0 Å². The molecule has 5 heteroatoms. The monoisotopic (exact) mass is 275 g/mol. The SMILES string of the molecule is CC(C)NCc1nnc(C2Cc3ccccc3S2)o1. The molecular formula is C14H17N3OS. The second kappa shape index (κ2) is 5.35. The molecule has 19 heavy (non-hydrogen) atoms. The molecule has 1 aromatic carbocycles. The average molecular weight is 275 g/mol. The highest BCUT2D eigenvalue weighted by Gasteiger charge is 2.27. The van der Waals surface area contributed by atoms with Crippen molar-refractivity contribution in [2.45, 2.75) is 43.0 Å². The molecule has 100 valence electrons. The average Bonchev–Trinajstić information content (AvgIpc) is 3.02. The molecule has 1 aromatic heterocycles. The zero-order valence-electron chi connectivity index (χ0n) is 11.1. The Balaban J connectivity index is 1.68. The van der Waals surface area contributed by atoms with Crippen LogP contribution in [-0.4, -0.2) is 16.2 Å². The van der Waals surface area contributed by atoms with Crippen molar-refractivity contribution in [3.63, 3.8) is 0 Å². The van der Waals surface area contributed by atoms with E-state index in [0.717, 1.165) is 12.3 Å². The summed E-state index contributed by atoms with van der Waals surface area (Å²) >= 11 is 1.81. The van der Waals surface area contributed by atoms with E-state index in [1.807, 2.05) is 11.8 Å². The number of fused-ring (bicyclic) bond motifs is 1. The third-order valence-corrected chi connectivity index (χ3v) is 4.37. The van der Waals surface area contributed by atoms with Crippen LogP contribution in [0.1, 0.15) is 36.4 Å². The minimum absolute atomic E-state index is 0.262. The maximum atomic E-state index is 5.74. The summed E-state index contributed by atoms with van der Waals surface area (Å²) in [7, 11) is 0. The van der Waals surface area contributed by atoms with Gasteiger partial charge >= 0.3 is 0 Å². The molecule has 0 fully saturated rings. The molecule has 0 saturated heterocycles. The van der Waals surface area contributed by atoms with Crippen molar-refractivity contribution >= 4 is 11.8 Å². The minimum Gasteiger partial charge on any atom is -0.423 e. The van der Waals surface area contributed by atoms with Gasteiger partial charge in [-0.25, -0.2) is 0 Å². The van der Waals surface area contributed by atoms with Gasteiger partial charge in [0.05, 0.1) is 11.8 Å². The van der Waals surface area contributed by atoms with Crippen LogP contribution < -0.4 is 5.32 Å². The molecule has 0 aliphatic carbocycles. The van der Waals surface area contributed by atoms with E-state index in [9.17, 15) is 0 Å². The van der Waals surface area contributed by atoms with Crippen molar-refractivity contribution in [3.8, 4) is 0 Å². The van der Waals surface area contributed by atoms with Crippen LogP contribution >= 0.6 is 11.8 Å². The van der Waals surface area contributed by atoms with E-state index in [1.54, 1.807) is 0 Å². The van der Waals surface area contributed by atoms with Gasteiger partial charge in [0.15, 0.2) is 0 Å². The van der Waals surface area contributed by atoms with E-state index in [2.05, 4.69) is 53.6 Å². The number of hydrogen-bond donors (Lipinski definition) is 1. The molecule has 2 heterocycles. The molecule has 0 bridgehead atoms. The molecule has 1 aliphatic rings. The fraction of sp³-hybridized carbons (Fsp3) is 0.429. The van der Waals surface area contributed by atoms with Crippen LogP contribution in [0, 0.1) is 0 Å². The number of thioether (sulfide) groups is 1. The van der Waals surface area contributed by atoms with E-state index < -0.39 is 0 Å². The maximum absolute atomic E-state index is 5.74. The number of nitrogens with one attached hydrogen (secondary N) is 1. The summed E-state index contributed by atoms with van der Waals surface area (Å²) in [5, 5.41) is 11.8. The number of benzene rings is 1. The number of nitrogens with zero attached hydrogens (tertiary/aromatic N) is 2. The Morgan fingerprint density at radius 3 is 3.00 bits per heavy atom. The minimum atomic E-state index is 0.262. The van der Waals surface area contributed by atoms with Crippen LogP contribution in [0.5, 0.6) is 0 Å². The topological polar surface area (TPSA) is 51.0 Å². The van der Waals surface area contributed by atoms with Gasteiger partial charge in [0.25, 0.3) is 0 Å². The molecule has 2 aromatic rings. The first-order valence-corrected chi connectivity index (χ1v) is 7.40. The summed E-state index contributed by atoms with van der Waals surface area (Å²) in [6.07, 6.45) is 0.972. The fourth-order valence-corrected chi connectivity index (χ4v) is 3.30. The maximum Gasteiger partial charge on any atom is 0.230 e. The quantitative estimate of drug-likeness (QED) is 0.929. The lowest BCUT2D eigenvalue weighted by atomic mass is 10.1. The van der Waals surface area contributed by atoms with Crippen molar-refractivity contribution in [2.24, 2.45) is 0 Å². The van der Waals surface area contributed by atoms with E-state index in [-0.39, 0.29) is 5.25 Å². The Morgan fingerprint density at radius 2 is 2.21 bits per heavy atom. The van der Waals surface area contributed by atoms with Gasteiger partial charge in [-0.05, 0) is 18.1 Å². The Bertz CT molecular complexity index is 542. The molecule has 1 aliphatic heterocycles. The van der Waals surface area contributed by atoms with Gasteiger partial charge in [-0.1, -0.05) is 32.0 Å². The molecule has 0 radical (unpaired) electrons. The Kier molecular flexibility index (Phi) is 3.57.